The molecule has 0 fully saturated rings. The molecule has 0 heterocycles. The summed E-state index contributed by atoms with van der Waals surface area (Å²) < 4.78 is 0. The average molecular weight is 280 g/mol. The molecule has 0 saturated carbocycles. The highest BCUT2D eigenvalue weighted by Gasteiger charge is 2.12. The largest absolute Gasteiger partial charge is 0.399 e. The fraction of sp³-hybridized carbons (Fsp3) is 0.533. The quantitative estimate of drug-likeness (QED) is 0.615. The topological polar surface area (TPSA) is 46.3 Å². The Morgan fingerprint density at radius 1 is 1.26 bits per heavy atom. The lowest BCUT2D eigenvalue weighted by atomic mass is 10.2. The Bertz CT molecular complexity index is 415. The first-order chi connectivity index (χ1) is 9.08. The molecule has 1 aromatic rings. The summed E-state index contributed by atoms with van der Waals surface area (Å²) in [5, 5.41) is 0. The van der Waals surface area contributed by atoms with E-state index in [0.29, 0.717) is 5.75 Å². The van der Waals surface area contributed by atoms with Gasteiger partial charge in [-0.05, 0) is 43.5 Å². The van der Waals surface area contributed by atoms with Crippen LogP contribution in [0.25, 0.3) is 0 Å². The Morgan fingerprint density at radius 3 is 2.42 bits per heavy atom. The molecule has 19 heavy (non-hydrogen) atoms. The minimum Gasteiger partial charge on any atom is -0.399 e. The molecule has 0 spiro atoms. The van der Waals surface area contributed by atoms with Crippen LogP contribution >= 0.6 is 11.8 Å². The van der Waals surface area contributed by atoms with Crippen LogP contribution < -0.4 is 5.73 Å². The van der Waals surface area contributed by atoms with E-state index in [1.807, 2.05) is 30.0 Å². The fourth-order valence-corrected chi connectivity index (χ4v) is 2.77. The second-order valence-electron chi connectivity index (χ2n) is 4.69. The number of carbonyl (C=O) groups is 1. The van der Waals surface area contributed by atoms with Crippen LogP contribution in [0.15, 0.2) is 23.1 Å². The summed E-state index contributed by atoms with van der Waals surface area (Å²) in [6.45, 7) is 7.91. The minimum absolute atomic E-state index is 0.225. The zero-order valence-electron chi connectivity index (χ0n) is 12.1. The maximum Gasteiger partial charge on any atom is 0.232 e. The van der Waals surface area contributed by atoms with E-state index in [9.17, 15) is 4.79 Å². The van der Waals surface area contributed by atoms with Gasteiger partial charge in [0.05, 0.1) is 5.75 Å². The molecule has 4 heteroatoms. The summed E-state index contributed by atoms with van der Waals surface area (Å²) in [5.41, 5.74) is 7.65. The number of nitrogen functional groups attached to an aromatic ring is 1. The van der Waals surface area contributed by atoms with Gasteiger partial charge in [0.1, 0.15) is 0 Å². The van der Waals surface area contributed by atoms with Crippen molar-refractivity contribution in [1.29, 1.82) is 0 Å². The third-order valence-corrected chi connectivity index (χ3v) is 3.92. The highest BCUT2D eigenvalue weighted by molar-refractivity contribution is 8.00. The molecule has 0 aromatic heterocycles. The molecule has 0 radical (unpaired) electrons. The van der Waals surface area contributed by atoms with Gasteiger partial charge in [-0.3, -0.25) is 4.79 Å². The van der Waals surface area contributed by atoms with Crippen molar-refractivity contribution >= 4 is 23.4 Å². The van der Waals surface area contributed by atoms with E-state index >= 15 is 0 Å². The second-order valence-corrected chi connectivity index (χ2v) is 5.74. The molecule has 0 bridgehead atoms. The van der Waals surface area contributed by atoms with Gasteiger partial charge in [-0.1, -0.05) is 13.8 Å². The van der Waals surface area contributed by atoms with Crippen LogP contribution in [0.2, 0.25) is 0 Å². The van der Waals surface area contributed by atoms with Crippen molar-refractivity contribution in [2.75, 3.05) is 24.6 Å². The Labute approximate surface area is 120 Å². The summed E-state index contributed by atoms with van der Waals surface area (Å²) >= 11 is 1.58. The first-order valence-corrected chi connectivity index (χ1v) is 7.83. The molecule has 0 unspecified atom stereocenters. The van der Waals surface area contributed by atoms with E-state index in [4.69, 9.17) is 5.73 Å². The highest BCUT2D eigenvalue weighted by atomic mass is 32.2. The van der Waals surface area contributed by atoms with Crippen LogP contribution in [0, 0.1) is 6.92 Å². The molecule has 106 valence electrons. The Hall–Kier alpha value is -1.16. The van der Waals surface area contributed by atoms with E-state index in [1.165, 1.54) is 0 Å². The number of nitrogens with zero attached hydrogens (tertiary/aromatic N) is 1. The molecule has 0 aliphatic heterocycles. The summed E-state index contributed by atoms with van der Waals surface area (Å²) in [6.07, 6.45) is 2.02. The maximum atomic E-state index is 12.1. The summed E-state index contributed by atoms with van der Waals surface area (Å²) in [4.78, 5) is 15.2. The standard InChI is InChI=1S/C15H24N2OS/c1-4-8-17(9-5-2)15(18)11-19-13-6-7-14(16)12(3)10-13/h6-7,10H,4-5,8-9,11,16H2,1-3H3. The smallest absolute Gasteiger partial charge is 0.232 e. The van der Waals surface area contributed by atoms with Crippen molar-refractivity contribution < 1.29 is 4.79 Å². The van der Waals surface area contributed by atoms with Gasteiger partial charge in [0.2, 0.25) is 5.91 Å². The minimum atomic E-state index is 0.225. The zero-order chi connectivity index (χ0) is 14.3. The van der Waals surface area contributed by atoms with Crippen molar-refractivity contribution in [2.45, 2.75) is 38.5 Å². The predicted octanol–water partition coefficient (Wildman–Crippen LogP) is 3.32. The molecule has 0 aliphatic rings. The first kappa shape index (κ1) is 15.9. The van der Waals surface area contributed by atoms with E-state index in [1.54, 1.807) is 11.8 Å². The average Bonchev–Trinajstić information content (AvgIpc) is 2.39. The normalized spacial score (nSPS) is 10.5. The fourth-order valence-electron chi connectivity index (χ4n) is 1.88. The molecule has 1 amide bonds. The molecule has 1 aromatic carbocycles. The third-order valence-electron chi connectivity index (χ3n) is 2.94. The molecule has 1 rings (SSSR count). The second kappa shape index (κ2) is 8.10. The number of carbonyl (C=O) groups excluding carboxylic acids is 1. The van der Waals surface area contributed by atoms with Gasteiger partial charge in [0.15, 0.2) is 0 Å². The third kappa shape index (κ3) is 5.15. The zero-order valence-corrected chi connectivity index (χ0v) is 12.9. The van der Waals surface area contributed by atoms with Gasteiger partial charge in [0, 0.05) is 23.7 Å². The van der Waals surface area contributed by atoms with Crippen molar-refractivity contribution in [1.82, 2.24) is 4.90 Å². The number of nitrogens with two attached hydrogens (primary N) is 1. The molecule has 0 saturated heterocycles. The number of amides is 1. The van der Waals surface area contributed by atoms with Gasteiger partial charge >= 0.3 is 0 Å². The summed E-state index contributed by atoms with van der Waals surface area (Å²) in [6, 6.07) is 5.92. The van der Waals surface area contributed by atoms with Crippen LogP contribution in [0.1, 0.15) is 32.3 Å². The molecule has 0 atom stereocenters. The molecular weight excluding hydrogens is 256 g/mol. The number of thioether (sulfide) groups is 1. The Balaban J connectivity index is 2.54. The number of hydrogen-bond donors (Lipinski definition) is 1. The maximum absolute atomic E-state index is 12.1. The summed E-state index contributed by atoms with van der Waals surface area (Å²) in [7, 11) is 0. The number of aryl methyl sites for hydroxylation is 1. The van der Waals surface area contributed by atoms with Gasteiger partial charge in [-0.2, -0.15) is 0 Å². The highest BCUT2D eigenvalue weighted by Crippen LogP contribution is 2.22. The summed E-state index contributed by atoms with van der Waals surface area (Å²) in [5.74, 6) is 0.728. The lowest BCUT2D eigenvalue weighted by molar-refractivity contribution is -0.128. The number of benzene rings is 1. The Kier molecular flexibility index (Phi) is 6.78. The monoisotopic (exact) mass is 280 g/mol. The SMILES string of the molecule is CCCN(CCC)C(=O)CSc1ccc(N)c(C)c1. The van der Waals surface area contributed by atoms with E-state index in [-0.39, 0.29) is 5.91 Å². The van der Waals surface area contributed by atoms with Crippen molar-refractivity contribution in [3.63, 3.8) is 0 Å². The number of anilines is 1. The predicted molar refractivity (Wildman–Crippen MR) is 83.5 cm³/mol. The number of rotatable bonds is 7. The van der Waals surface area contributed by atoms with Crippen molar-refractivity contribution in [2.24, 2.45) is 0 Å². The van der Waals surface area contributed by atoms with Crippen LogP contribution in [0.4, 0.5) is 5.69 Å². The van der Waals surface area contributed by atoms with Crippen LogP contribution in [0.5, 0.6) is 0 Å². The van der Waals surface area contributed by atoms with Crippen LogP contribution in [0.3, 0.4) is 0 Å². The Morgan fingerprint density at radius 2 is 1.89 bits per heavy atom. The lowest BCUT2D eigenvalue weighted by Crippen LogP contribution is -2.33. The number of hydrogen-bond acceptors (Lipinski definition) is 3. The van der Waals surface area contributed by atoms with Crippen molar-refractivity contribution in [3.8, 4) is 0 Å². The molecule has 2 N–H and O–H groups in total. The molecule has 0 aliphatic carbocycles. The molecule has 3 nitrogen and oxygen atoms in total. The first-order valence-electron chi connectivity index (χ1n) is 6.85. The van der Waals surface area contributed by atoms with Crippen LogP contribution in [-0.4, -0.2) is 29.6 Å². The van der Waals surface area contributed by atoms with Gasteiger partial charge in [-0.25, -0.2) is 0 Å². The van der Waals surface area contributed by atoms with Gasteiger partial charge in [-0.15, -0.1) is 11.8 Å². The van der Waals surface area contributed by atoms with Crippen molar-refractivity contribution in [3.05, 3.63) is 23.8 Å². The van der Waals surface area contributed by atoms with Gasteiger partial charge < -0.3 is 10.6 Å². The van der Waals surface area contributed by atoms with Gasteiger partial charge in [0.25, 0.3) is 0 Å². The van der Waals surface area contributed by atoms with E-state index in [2.05, 4.69) is 13.8 Å². The lowest BCUT2D eigenvalue weighted by Gasteiger charge is -2.21. The van der Waals surface area contributed by atoms with E-state index in [0.717, 1.165) is 42.1 Å². The van der Waals surface area contributed by atoms with E-state index < -0.39 is 0 Å². The molecular formula is C15H24N2OS. The van der Waals surface area contributed by atoms with Crippen LogP contribution in [-0.2, 0) is 4.79 Å².